The van der Waals surface area contributed by atoms with Crippen LogP contribution in [-0.4, -0.2) is 10.9 Å². The molecule has 0 aliphatic rings. The number of benzene rings is 1. The molecule has 0 saturated carbocycles. The van der Waals surface area contributed by atoms with Crippen LogP contribution >= 0.6 is 0 Å². The minimum absolute atomic E-state index is 0.452. The standard InChI is InChI=1S/C13H12N2O/c1-9-4-2-5-10(8-9)12-11(13(14)16)6-3-7-15-12/h2-8H,1H3,(H2,14,16). The molecule has 2 N–H and O–H groups in total. The molecule has 80 valence electrons. The fourth-order valence-electron chi connectivity index (χ4n) is 1.63. The summed E-state index contributed by atoms with van der Waals surface area (Å²) in [6.45, 7) is 2.00. The summed E-state index contributed by atoms with van der Waals surface area (Å²) < 4.78 is 0. The highest BCUT2D eigenvalue weighted by molar-refractivity contribution is 5.98. The average Bonchev–Trinajstić information content (AvgIpc) is 2.29. The Balaban J connectivity index is 2.60. The van der Waals surface area contributed by atoms with Crippen LogP contribution in [0.2, 0.25) is 0 Å². The normalized spacial score (nSPS) is 10.1. The van der Waals surface area contributed by atoms with E-state index in [2.05, 4.69) is 4.98 Å². The molecule has 0 bridgehead atoms. The molecule has 16 heavy (non-hydrogen) atoms. The van der Waals surface area contributed by atoms with Gasteiger partial charge in [0.15, 0.2) is 0 Å². The Bertz CT molecular complexity index is 535. The van der Waals surface area contributed by atoms with Crippen LogP contribution in [-0.2, 0) is 0 Å². The molecular formula is C13H12N2O. The first-order valence-corrected chi connectivity index (χ1v) is 5.00. The third-order valence-corrected chi connectivity index (χ3v) is 2.36. The van der Waals surface area contributed by atoms with Gasteiger partial charge in [-0.1, -0.05) is 23.8 Å². The number of hydrogen-bond acceptors (Lipinski definition) is 2. The van der Waals surface area contributed by atoms with E-state index in [1.54, 1.807) is 18.3 Å². The third kappa shape index (κ3) is 1.93. The highest BCUT2D eigenvalue weighted by atomic mass is 16.1. The minimum Gasteiger partial charge on any atom is -0.366 e. The molecule has 0 radical (unpaired) electrons. The first-order chi connectivity index (χ1) is 7.68. The van der Waals surface area contributed by atoms with Crippen LogP contribution in [0.1, 0.15) is 15.9 Å². The number of pyridine rings is 1. The highest BCUT2D eigenvalue weighted by Crippen LogP contribution is 2.21. The molecule has 3 heteroatoms. The van der Waals surface area contributed by atoms with Gasteiger partial charge in [0, 0.05) is 11.8 Å². The molecule has 0 saturated heterocycles. The maximum absolute atomic E-state index is 11.3. The zero-order valence-corrected chi connectivity index (χ0v) is 8.97. The van der Waals surface area contributed by atoms with Crippen molar-refractivity contribution in [2.45, 2.75) is 6.92 Å². The van der Waals surface area contributed by atoms with Crippen LogP contribution in [0.25, 0.3) is 11.3 Å². The third-order valence-electron chi connectivity index (χ3n) is 2.36. The van der Waals surface area contributed by atoms with Crippen molar-refractivity contribution < 1.29 is 4.79 Å². The lowest BCUT2D eigenvalue weighted by Gasteiger charge is -2.05. The SMILES string of the molecule is Cc1cccc(-c2ncccc2C(N)=O)c1. The molecule has 2 aromatic rings. The number of primary amides is 1. The Morgan fingerprint density at radius 3 is 2.75 bits per heavy atom. The second-order valence-electron chi connectivity index (χ2n) is 3.63. The number of amides is 1. The van der Waals surface area contributed by atoms with Gasteiger partial charge in [-0.15, -0.1) is 0 Å². The largest absolute Gasteiger partial charge is 0.366 e. The Morgan fingerprint density at radius 2 is 2.06 bits per heavy atom. The molecule has 0 aliphatic carbocycles. The van der Waals surface area contributed by atoms with Crippen molar-refractivity contribution in [3.05, 3.63) is 53.7 Å². The summed E-state index contributed by atoms with van der Waals surface area (Å²) in [5.74, 6) is -0.454. The molecular weight excluding hydrogens is 200 g/mol. The number of hydrogen-bond donors (Lipinski definition) is 1. The van der Waals surface area contributed by atoms with Gasteiger partial charge in [0.2, 0.25) is 0 Å². The van der Waals surface area contributed by atoms with Gasteiger partial charge in [0.05, 0.1) is 11.3 Å². The number of carbonyl (C=O) groups excluding carboxylic acids is 1. The second-order valence-corrected chi connectivity index (χ2v) is 3.63. The van der Waals surface area contributed by atoms with Gasteiger partial charge in [-0.3, -0.25) is 9.78 Å². The van der Waals surface area contributed by atoms with Crippen molar-refractivity contribution in [2.24, 2.45) is 5.73 Å². The van der Waals surface area contributed by atoms with E-state index in [-0.39, 0.29) is 0 Å². The molecule has 3 nitrogen and oxygen atoms in total. The Kier molecular flexibility index (Phi) is 2.68. The number of nitrogens with zero attached hydrogens (tertiary/aromatic N) is 1. The van der Waals surface area contributed by atoms with Crippen LogP contribution < -0.4 is 5.73 Å². The van der Waals surface area contributed by atoms with Crippen molar-refractivity contribution in [1.82, 2.24) is 4.98 Å². The van der Waals surface area contributed by atoms with Gasteiger partial charge >= 0.3 is 0 Å². The van der Waals surface area contributed by atoms with Crippen LogP contribution in [0.5, 0.6) is 0 Å². The predicted octanol–water partition coefficient (Wildman–Crippen LogP) is 2.16. The van der Waals surface area contributed by atoms with Crippen molar-refractivity contribution in [2.75, 3.05) is 0 Å². The molecule has 2 rings (SSSR count). The summed E-state index contributed by atoms with van der Waals surface area (Å²) in [7, 11) is 0. The van der Waals surface area contributed by atoms with E-state index < -0.39 is 5.91 Å². The second kappa shape index (κ2) is 4.14. The molecule has 0 atom stereocenters. The molecule has 0 fully saturated rings. The van der Waals surface area contributed by atoms with Crippen molar-refractivity contribution in [3.63, 3.8) is 0 Å². The number of carbonyl (C=O) groups is 1. The van der Waals surface area contributed by atoms with Crippen molar-refractivity contribution >= 4 is 5.91 Å². The topological polar surface area (TPSA) is 56.0 Å². The lowest BCUT2D eigenvalue weighted by molar-refractivity contribution is 0.100. The lowest BCUT2D eigenvalue weighted by atomic mass is 10.0. The van der Waals surface area contributed by atoms with Gasteiger partial charge < -0.3 is 5.73 Å². The molecule has 0 unspecified atom stereocenters. The smallest absolute Gasteiger partial charge is 0.250 e. The van der Waals surface area contributed by atoms with Gasteiger partial charge in [-0.2, -0.15) is 0 Å². The van der Waals surface area contributed by atoms with Gasteiger partial charge in [-0.05, 0) is 25.1 Å². The lowest BCUT2D eigenvalue weighted by Crippen LogP contribution is -2.13. The van der Waals surface area contributed by atoms with E-state index in [1.807, 2.05) is 31.2 Å². The number of nitrogens with two attached hydrogens (primary N) is 1. The Morgan fingerprint density at radius 1 is 1.25 bits per heavy atom. The highest BCUT2D eigenvalue weighted by Gasteiger charge is 2.10. The van der Waals surface area contributed by atoms with Crippen LogP contribution in [0.15, 0.2) is 42.6 Å². The minimum atomic E-state index is -0.454. The van der Waals surface area contributed by atoms with Crippen molar-refractivity contribution in [3.8, 4) is 11.3 Å². The first kappa shape index (κ1) is 10.4. The quantitative estimate of drug-likeness (QED) is 0.829. The summed E-state index contributed by atoms with van der Waals surface area (Å²) in [4.78, 5) is 15.5. The Hall–Kier alpha value is -2.16. The monoisotopic (exact) mass is 212 g/mol. The maximum Gasteiger partial charge on any atom is 0.250 e. The summed E-state index contributed by atoms with van der Waals surface area (Å²) in [6, 6.07) is 11.2. The van der Waals surface area contributed by atoms with Gasteiger partial charge in [0.1, 0.15) is 0 Å². The number of aryl methyl sites for hydroxylation is 1. The van der Waals surface area contributed by atoms with Gasteiger partial charge in [-0.25, -0.2) is 0 Å². The fourth-order valence-corrected chi connectivity index (χ4v) is 1.63. The predicted molar refractivity (Wildman–Crippen MR) is 62.9 cm³/mol. The summed E-state index contributed by atoms with van der Waals surface area (Å²) in [5, 5.41) is 0. The zero-order valence-electron chi connectivity index (χ0n) is 8.97. The number of aromatic nitrogens is 1. The van der Waals surface area contributed by atoms with Crippen molar-refractivity contribution in [1.29, 1.82) is 0 Å². The van der Waals surface area contributed by atoms with Crippen LogP contribution in [0, 0.1) is 6.92 Å². The summed E-state index contributed by atoms with van der Waals surface area (Å²) >= 11 is 0. The van der Waals surface area contributed by atoms with Gasteiger partial charge in [0.25, 0.3) is 5.91 Å². The van der Waals surface area contributed by atoms with E-state index in [1.165, 1.54) is 0 Å². The molecule has 1 aromatic carbocycles. The van der Waals surface area contributed by atoms with E-state index >= 15 is 0 Å². The van der Waals surface area contributed by atoms with E-state index in [0.29, 0.717) is 11.3 Å². The molecule has 1 aromatic heterocycles. The summed E-state index contributed by atoms with van der Waals surface area (Å²) in [5.41, 5.74) is 8.44. The molecule has 0 aliphatic heterocycles. The van der Waals surface area contributed by atoms with E-state index in [9.17, 15) is 4.79 Å². The molecule has 0 spiro atoms. The van der Waals surface area contributed by atoms with E-state index in [0.717, 1.165) is 11.1 Å². The Labute approximate surface area is 93.9 Å². The van der Waals surface area contributed by atoms with E-state index in [4.69, 9.17) is 5.73 Å². The first-order valence-electron chi connectivity index (χ1n) is 5.00. The average molecular weight is 212 g/mol. The maximum atomic E-state index is 11.3. The number of rotatable bonds is 2. The van der Waals surface area contributed by atoms with Crippen LogP contribution in [0.4, 0.5) is 0 Å². The zero-order chi connectivity index (χ0) is 11.5. The summed E-state index contributed by atoms with van der Waals surface area (Å²) in [6.07, 6.45) is 1.66. The fraction of sp³-hybridized carbons (Fsp3) is 0.0769. The van der Waals surface area contributed by atoms with Crippen LogP contribution in [0.3, 0.4) is 0 Å². The molecule has 1 heterocycles. The molecule has 1 amide bonds.